The van der Waals surface area contributed by atoms with Crippen LogP contribution in [0.25, 0.3) is 0 Å². The number of carbonyl (C=O) groups excluding carboxylic acids is 3. The van der Waals surface area contributed by atoms with Gasteiger partial charge >= 0.3 is 0 Å². The highest BCUT2D eigenvalue weighted by atomic mass is 32.2. The molecular formula is C23H32O4S. The maximum absolute atomic E-state index is 12.4. The first-order valence-corrected chi connectivity index (χ1v) is 11.6. The number of fused-ring (bicyclic) bond motifs is 5. The average molecular weight is 405 g/mol. The van der Waals surface area contributed by atoms with Crippen LogP contribution in [0.5, 0.6) is 0 Å². The molecule has 0 heterocycles. The quantitative estimate of drug-likeness (QED) is 0.754. The number of ketones is 2. The molecule has 8 unspecified atom stereocenters. The number of hydrogen-bond acceptors (Lipinski definition) is 5. The Kier molecular flexibility index (Phi) is 4.94. The molecule has 0 bridgehead atoms. The molecule has 0 aromatic carbocycles. The molecule has 0 aromatic rings. The third-order valence-corrected chi connectivity index (χ3v) is 9.87. The molecule has 0 aliphatic heterocycles. The maximum Gasteiger partial charge on any atom is 0.186 e. The van der Waals surface area contributed by atoms with Gasteiger partial charge in [-0.05, 0) is 73.7 Å². The second kappa shape index (κ2) is 6.80. The fourth-order valence-electron chi connectivity index (χ4n) is 7.52. The molecule has 5 heteroatoms. The Morgan fingerprint density at radius 3 is 2.57 bits per heavy atom. The molecule has 0 radical (unpaired) electrons. The number of aliphatic hydroxyl groups excluding tert-OH is 1. The van der Waals surface area contributed by atoms with Crippen LogP contribution in [0, 0.1) is 34.5 Å². The summed E-state index contributed by atoms with van der Waals surface area (Å²) in [5.41, 5.74) is 0.995. The molecule has 154 valence electrons. The first kappa shape index (κ1) is 20.3. The zero-order chi connectivity index (χ0) is 20.4. The lowest BCUT2D eigenvalue weighted by molar-refractivity contribution is -0.129. The summed E-state index contributed by atoms with van der Waals surface area (Å²) >= 11 is 1.39. The zero-order valence-electron chi connectivity index (χ0n) is 17.4. The van der Waals surface area contributed by atoms with Crippen molar-refractivity contribution in [2.45, 2.75) is 77.6 Å². The Morgan fingerprint density at radius 2 is 1.93 bits per heavy atom. The van der Waals surface area contributed by atoms with E-state index in [1.54, 1.807) is 13.8 Å². The van der Waals surface area contributed by atoms with Gasteiger partial charge in [-0.15, -0.1) is 0 Å². The van der Waals surface area contributed by atoms with Crippen LogP contribution in [-0.4, -0.2) is 33.1 Å². The van der Waals surface area contributed by atoms with Gasteiger partial charge in [-0.3, -0.25) is 14.4 Å². The highest BCUT2D eigenvalue weighted by molar-refractivity contribution is 8.14. The van der Waals surface area contributed by atoms with Crippen molar-refractivity contribution in [1.82, 2.24) is 0 Å². The van der Waals surface area contributed by atoms with Gasteiger partial charge in [-0.2, -0.15) is 0 Å². The maximum atomic E-state index is 12.4. The van der Waals surface area contributed by atoms with Crippen molar-refractivity contribution in [3.8, 4) is 0 Å². The van der Waals surface area contributed by atoms with Crippen molar-refractivity contribution in [3.05, 3.63) is 11.6 Å². The molecule has 3 saturated carbocycles. The number of allylic oxidation sites excluding steroid dienone is 1. The van der Waals surface area contributed by atoms with Crippen molar-refractivity contribution in [2.75, 3.05) is 0 Å². The van der Waals surface area contributed by atoms with E-state index in [2.05, 4.69) is 13.8 Å². The summed E-state index contributed by atoms with van der Waals surface area (Å²) in [6.45, 7) is 7.77. The van der Waals surface area contributed by atoms with E-state index < -0.39 is 6.10 Å². The smallest absolute Gasteiger partial charge is 0.186 e. The van der Waals surface area contributed by atoms with Crippen LogP contribution in [0.1, 0.15) is 66.2 Å². The van der Waals surface area contributed by atoms with Crippen molar-refractivity contribution < 1.29 is 19.5 Å². The second-order valence-corrected chi connectivity index (χ2v) is 11.5. The Labute approximate surface area is 171 Å². The summed E-state index contributed by atoms with van der Waals surface area (Å²) < 4.78 is 0. The lowest BCUT2D eigenvalue weighted by Crippen LogP contribution is -2.56. The average Bonchev–Trinajstić information content (AvgIpc) is 2.87. The summed E-state index contributed by atoms with van der Waals surface area (Å²) in [4.78, 5) is 36.6. The minimum atomic E-state index is -0.485. The van der Waals surface area contributed by atoms with Crippen LogP contribution in [0.4, 0.5) is 0 Å². The second-order valence-electron chi connectivity index (χ2n) is 10.1. The van der Waals surface area contributed by atoms with Crippen LogP contribution in [0.2, 0.25) is 0 Å². The fraction of sp³-hybridized carbons (Fsp3) is 0.783. The van der Waals surface area contributed by atoms with E-state index in [1.165, 1.54) is 17.3 Å². The molecule has 4 aliphatic rings. The molecular weight excluding hydrogens is 372 g/mol. The molecule has 0 amide bonds. The molecule has 8 atom stereocenters. The van der Waals surface area contributed by atoms with E-state index in [9.17, 15) is 19.5 Å². The molecule has 3 fully saturated rings. The van der Waals surface area contributed by atoms with Gasteiger partial charge in [0.15, 0.2) is 10.9 Å². The highest BCUT2D eigenvalue weighted by Gasteiger charge is 2.64. The minimum Gasteiger partial charge on any atom is -0.393 e. The summed E-state index contributed by atoms with van der Waals surface area (Å²) in [5.74, 6) is 0.917. The van der Waals surface area contributed by atoms with E-state index in [0.29, 0.717) is 18.8 Å². The lowest BCUT2D eigenvalue weighted by atomic mass is 9.46. The minimum absolute atomic E-state index is 0.0260. The van der Waals surface area contributed by atoms with Gasteiger partial charge in [-0.25, -0.2) is 0 Å². The van der Waals surface area contributed by atoms with Gasteiger partial charge in [0.05, 0.1) is 6.10 Å². The first-order valence-electron chi connectivity index (χ1n) is 10.7. The van der Waals surface area contributed by atoms with Crippen LogP contribution < -0.4 is 0 Å². The van der Waals surface area contributed by atoms with Gasteiger partial charge in [0, 0.05) is 24.5 Å². The van der Waals surface area contributed by atoms with E-state index in [4.69, 9.17) is 0 Å². The van der Waals surface area contributed by atoms with Crippen LogP contribution >= 0.6 is 11.8 Å². The third-order valence-electron chi connectivity index (χ3n) is 8.76. The number of hydrogen-bond donors (Lipinski definition) is 1. The van der Waals surface area contributed by atoms with Crippen LogP contribution in [0.3, 0.4) is 0 Å². The first-order chi connectivity index (χ1) is 13.1. The van der Waals surface area contributed by atoms with Crippen molar-refractivity contribution in [3.63, 3.8) is 0 Å². The van der Waals surface area contributed by atoms with E-state index in [0.717, 1.165) is 25.7 Å². The van der Waals surface area contributed by atoms with Gasteiger partial charge in [0.25, 0.3) is 0 Å². The van der Waals surface area contributed by atoms with Gasteiger partial charge in [0.2, 0.25) is 0 Å². The van der Waals surface area contributed by atoms with Crippen LogP contribution in [-0.2, 0) is 14.4 Å². The number of carbonyl (C=O) groups is 3. The zero-order valence-corrected chi connectivity index (χ0v) is 18.2. The normalized spacial score (nSPS) is 47.6. The fourth-order valence-corrected chi connectivity index (χ4v) is 8.72. The summed E-state index contributed by atoms with van der Waals surface area (Å²) in [6, 6.07) is 0. The molecule has 0 spiro atoms. The molecule has 4 aliphatic carbocycles. The van der Waals surface area contributed by atoms with Gasteiger partial charge in [-0.1, -0.05) is 31.2 Å². The Balaban J connectivity index is 1.79. The highest BCUT2D eigenvalue weighted by Crippen LogP contribution is 2.68. The monoisotopic (exact) mass is 404 g/mol. The number of Topliss-reactive ketones (excluding diaryl/α,β-unsaturated/α-hetero) is 1. The van der Waals surface area contributed by atoms with Crippen molar-refractivity contribution in [2.24, 2.45) is 34.5 Å². The number of rotatable bonds is 2. The summed E-state index contributed by atoms with van der Waals surface area (Å²) in [6.07, 6.45) is 6.07. The molecule has 4 rings (SSSR count). The SMILES string of the molecule is CC(=O)SC1CC2=CC(=O)CCC2(C)C2CCC3(C)C(C(C)=O)CC(O)C3C12. The Morgan fingerprint density at radius 1 is 1.21 bits per heavy atom. The summed E-state index contributed by atoms with van der Waals surface area (Å²) in [7, 11) is 0. The predicted molar refractivity (Wildman–Crippen MR) is 110 cm³/mol. The standard InChI is InChI=1S/C23H32O4S/c1-12(24)17-11-18(27)21-20-16(6-8-23(17,21)4)22(3)7-5-15(26)9-14(22)10-19(20)28-13(2)25/h9,16-21,27H,5-8,10-11H2,1-4H3. The Bertz CT molecular complexity index is 758. The van der Waals surface area contributed by atoms with Gasteiger partial charge < -0.3 is 5.11 Å². The number of thioether (sulfide) groups is 1. The molecule has 4 nitrogen and oxygen atoms in total. The molecule has 0 saturated heterocycles. The predicted octanol–water partition coefficient (Wildman–Crippen LogP) is 3.95. The summed E-state index contributed by atoms with van der Waals surface area (Å²) in [5, 5.41) is 11.3. The molecule has 0 aromatic heterocycles. The molecule has 1 N–H and O–H groups in total. The topological polar surface area (TPSA) is 71.4 Å². The molecule has 28 heavy (non-hydrogen) atoms. The Hall–Kier alpha value is -0.940. The third kappa shape index (κ3) is 2.87. The van der Waals surface area contributed by atoms with Crippen LogP contribution in [0.15, 0.2) is 11.6 Å². The van der Waals surface area contributed by atoms with Crippen molar-refractivity contribution in [1.29, 1.82) is 0 Å². The largest absolute Gasteiger partial charge is 0.393 e. The van der Waals surface area contributed by atoms with E-state index in [-0.39, 0.29) is 50.5 Å². The van der Waals surface area contributed by atoms with Gasteiger partial charge in [0.1, 0.15) is 5.78 Å². The van der Waals surface area contributed by atoms with E-state index in [1.807, 2.05) is 6.08 Å². The van der Waals surface area contributed by atoms with Crippen molar-refractivity contribution >= 4 is 28.4 Å². The number of aliphatic hydroxyl groups is 1. The van der Waals surface area contributed by atoms with E-state index >= 15 is 0 Å². The lowest BCUT2D eigenvalue weighted by Gasteiger charge is -2.60.